The van der Waals surface area contributed by atoms with Crippen LogP contribution in [0.25, 0.3) is 0 Å². The van der Waals surface area contributed by atoms with Crippen LogP contribution in [-0.2, 0) is 14.8 Å². The fraction of sp³-hybridized carbons (Fsp3) is 0.435. The number of carbonyl (C=O) groups is 1. The van der Waals surface area contributed by atoms with Crippen LogP contribution in [0, 0.1) is 0 Å². The number of hydrogen-bond donors (Lipinski definition) is 1. The third-order valence-corrected chi connectivity index (χ3v) is 7.55. The lowest BCUT2D eigenvalue weighted by Crippen LogP contribution is -2.38. The minimum atomic E-state index is -3.57. The van der Waals surface area contributed by atoms with Crippen molar-refractivity contribution < 1.29 is 22.7 Å². The van der Waals surface area contributed by atoms with Crippen molar-refractivity contribution in [2.45, 2.75) is 56.1 Å². The van der Waals surface area contributed by atoms with Crippen molar-refractivity contribution in [2.75, 3.05) is 19.5 Å². The molecule has 1 fully saturated rings. The van der Waals surface area contributed by atoms with Crippen LogP contribution in [0.5, 0.6) is 11.5 Å². The fourth-order valence-corrected chi connectivity index (χ4v) is 5.14. The van der Waals surface area contributed by atoms with Gasteiger partial charge in [0.1, 0.15) is 0 Å². The zero-order valence-corrected chi connectivity index (χ0v) is 19.0. The smallest absolute Gasteiger partial charge is 0.265 e. The van der Waals surface area contributed by atoms with E-state index in [9.17, 15) is 13.2 Å². The standard InChI is InChI=1S/C23H30N2O5S/c1-17(30-22-12-8-7-11-21(22)29-3)23(26)24-18-13-15-20(16-14-18)31(27,28)25(2)19-9-5-4-6-10-19/h7-8,11-17,19H,4-6,9-10H2,1-3H3,(H,24,26). The molecule has 2 aromatic rings. The molecule has 1 amide bonds. The molecule has 1 unspecified atom stereocenters. The van der Waals surface area contributed by atoms with Crippen molar-refractivity contribution in [1.29, 1.82) is 0 Å². The first-order valence-electron chi connectivity index (χ1n) is 10.5. The van der Waals surface area contributed by atoms with Gasteiger partial charge in [0.15, 0.2) is 17.6 Å². The number of methoxy groups -OCH3 is 1. The molecule has 0 bridgehead atoms. The molecule has 168 valence electrons. The predicted octanol–water partition coefficient (Wildman–Crippen LogP) is 4.05. The van der Waals surface area contributed by atoms with E-state index in [1.807, 2.05) is 6.07 Å². The summed E-state index contributed by atoms with van der Waals surface area (Å²) in [6.07, 6.45) is 4.31. The van der Waals surface area contributed by atoms with Crippen LogP contribution < -0.4 is 14.8 Å². The van der Waals surface area contributed by atoms with Gasteiger partial charge in [-0.25, -0.2) is 8.42 Å². The number of anilines is 1. The first-order chi connectivity index (χ1) is 14.8. The fourth-order valence-electron chi connectivity index (χ4n) is 3.72. The monoisotopic (exact) mass is 446 g/mol. The molecular weight excluding hydrogens is 416 g/mol. The molecule has 0 aliphatic heterocycles. The number of carbonyl (C=O) groups excluding carboxylic acids is 1. The molecule has 1 aliphatic carbocycles. The number of sulfonamides is 1. The molecule has 2 aromatic carbocycles. The molecule has 31 heavy (non-hydrogen) atoms. The Balaban J connectivity index is 1.63. The highest BCUT2D eigenvalue weighted by Crippen LogP contribution is 2.28. The van der Waals surface area contributed by atoms with Crippen molar-refractivity contribution in [3.05, 3.63) is 48.5 Å². The molecule has 0 spiro atoms. The van der Waals surface area contributed by atoms with Crippen LogP contribution in [0.4, 0.5) is 5.69 Å². The summed E-state index contributed by atoms with van der Waals surface area (Å²) < 4.78 is 38.3. The zero-order valence-electron chi connectivity index (χ0n) is 18.2. The number of ether oxygens (including phenoxy) is 2. The largest absolute Gasteiger partial charge is 0.493 e. The minimum absolute atomic E-state index is 0.0473. The van der Waals surface area contributed by atoms with E-state index in [1.165, 1.54) is 23.5 Å². The molecule has 3 rings (SSSR count). The highest BCUT2D eigenvalue weighted by atomic mass is 32.2. The first-order valence-corrected chi connectivity index (χ1v) is 12.0. The number of amides is 1. The van der Waals surface area contributed by atoms with Gasteiger partial charge in [-0.1, -0.05) is 31.4 Å². The molecule has 1 atom stereocenters. The lowest BCUT2D eigenvalue weighted by molar-refractivity contribution is -0.122. The number of rotatable bonds is 8. The van der Waals surface area contributed by atoms with Crippen molar-refractivity contribution in [1.82, 2.24) is 4.31 Å². The Kier molecular flexibility index (Phi) is 7.56. The lowest BCUT2D eigenvalue weighted by atomic mass is 9.96. The van der Waals surface area contributed by atoms with Gasteiger partial charge < -0.3 is 14.8 Å². The maximum Gasteiger partial charge on any atom is 0.265 e. The number of para-hydroxylation sites is 2. The number of hydrogen-bond acceptors (Lipinski definition) is 5. The van der Waals surface area contributed by atoms with E-state index in [0.717, 1.165) is 32.1 Å². The average Bonchev–Trinajstić information content (AvgIpc) is 2.79. The van der Waals surface area contributed by atoms with E-state index in [4.69, 9.17) is 9.47 Å². The summed E-state index contributed by atoms with van der Waals surface area (Å²) in [5.74, 6) is 0.666. The third kappa shape index (κ3) is 5.57. The van der Waals surface area contributed by atoms with E-state index in [0.29, 0.717) is 17.2 Å². The van der Waals surface area contributed by atoms with Gasteiger partial charge in [-0.2, -0.15) is 4.31 Å². The molecule has 0 heterocycles. The van der Waals surface area contributed by atoms with E-state index in [-0.39, 0.29) is 16.8 Å². The zero-order chi connectivity index (χ0) is 22.4. The SMILES string of the molecule is COc1ccccc1OC(C)C(=O)Nc1ccc(S(=O)(=O)N(C)C2CCCCC2)cc1. The molecule has 0 radical (unpaired) electrons. The van der Waals surface area contributed by atoms with Crippen molar-refractivity contribution in [3.8, 4) is 11.5 Å². The molecular formula is C23H30N2O5S. The van der Waals surface area contributed by atoms with Gasteiger partial charge in [0.2, 0.25) is 10.0 Å². The summed E-state index contributed by atoms with van der Waals surface area (Å²) >= 11 is 0. The normalized spacial score (nSPS) is 16.0. The van der Waals surface area contributed by atoms with E-state index in [2.05, 4.69) is 5.32 Å². The number of nitrogens with zero attached hydrogens (tertiary/aromatic N) is 1. The van der Waals surface area contributed by atoms with Crippen LogP contribution in [0.2, 0.25) is 0 Å². The minimum Gasteiger partial charge on any atom is -0.493 e. The maximum atomic E-state index is 12.9. The highest BCUT2D eigenvalue weighted by molar-refractivity contribution is 7.89. The van der Waals surface area contributed by atoms with E-state index in [1.54, 1.807) is 44.3 Å². The summed E-state index contributed by atoms with van der Waals surface area (Å²) in [5, 5.41) is 2.76. The molecule has 8 heteroatoms. The lowest BCUT2D eigenvalue weighted by Gasteiger charge is -2.30. The van der Waals surface area contributed by atoms with Gasteiger partial charge in [-0.15, -0.1) is 0 Å². The first kappa shape index (κ1) is 23.1. The van der Waals surface area contributed by atoms with Gasteiger partial charge >= 0.3 is 0 Å². The van der Waals surface area contributed by atoms with Crippen LogP contribution in [-0.4, -0.2) is 44.9 Å². The van der Waals surface area contributed by atoms with E-state index < -0.39 is 16.1 Å². The second-order valence-electron chi connectivity index (χ2n) is 7.74. The summed E-state index contributed by atoms with van der Waals surface area (Å²) in [7, 11) is -0.380. The molecule has 1 aliphatic rings. The van der Waals surface area contributed by atoms with Gasteiger partial charge in [0, 0.05) is 18.8 Å². The summed E-state index contributed by atoms with van der Waals surface area (Å²) in [5.41, 5.74) is 0.500. The highest BCUT2D eigenvalue weighted by Gasteiger charge is 2.29. The third-order valence-electron chi connectivity index (χ3n) is 5.63. The Bertz CT molecular complexity index is 985. The van der Waals surface area contributed by atoms with Gasteiger partial charge in [0.25, 0.3) is 5.91 Å². The Morgan fingerprint density at radius 1 is 1.03 bits per heavy atom. The van der Waals surface area contributed by atoms with Crippen LogP contribution in [0.3, 0.4) is 0 Å². The Morgan fingerprint density at radius 3 is 2.26 bits per heavy atom. The molecule has 1 N–H and O–H groups in total. The van der Waals surface area contributed by atoms with Crippen LogP contribution in [0.1, 0.15) is 39.0 Å². The number of nitrogens with one attached hydrogen (secondary N) is 1. The van der Waals surface area contributed by atoms with E-state index >= 15 is 0 Å². The summed E-state index contributed by atoms with van der Waals surface area (Å²) in [6, 6.07) is 13.4. The van der Waals surface area contributed by atoms with Gasteiger partial charge in [-0.05, 0) is 56.2 Å². The maximum absolute atomic E-state index is 12.9. The molecule has 1 saturated carbocycles. The van der Waals surface area contributed by atoms with Crippen molar-refractivity contribution in [3.63, 3.8) is 0 Å². The Morgan fingerprint density at radius 2 is 1.65 bits per heavy atom. The molecule has 7 nitrogen and oxygen atoms in total. The van der Waals surface area contributed by atoms with Crippen molar-refractivity contribution >= 4 is 21.6 Å². The predicted molar refractivity (Wildman–Crippen MR) is 120 cm³/mol. The van der Waals surface area contributed by atoms with Crippen LogP contribution >= 0.6 is 0 Å². The molecule has 0 aromatic heterocycles. The summed E-state index contributed by atoms with van der Waals surface area (Å²) in [4.78, 5) is 12.7. The topological polar surface area (TPSA) is 84.9 Å². The van der Waals surface area contributed by atoms with Crippen LogP contribution in [0.15, 0.2) is 53.4 Å². The summed E-state index contributed by atoms with van der Waals surface area (Å²) in [6.45, 7) is 1.64. The Hall–Kier alpha value is -2.58. The Labute approximate surface area is 184 Å². The second-order valence-corrected chi connectivity index (χ2v) is 9.74. The quantitative estimate of drug-likeness (QED) is 0.661. The number of benzene rings is 2. The average molecular weight is 447 g/mol. The van der Waals surface area contributed by atoms with Gasteiger partial charge in [-0.3, -0.25) is 4.79 Å². The van der Waals surface area contributed by atoms with Crippen molar-refractivity contribution in [2.24, 2.45) is 0 Å². The second kappa shape index (κ2) is 10.2. The van der Waals surface area contributed by atoms with Gasteiger partial charge in [0.05, 0.1) is 12.0 Å². The molecule has 0 saturated heterocycles.